The van der Waals surface area contributed by atoms with Crippen LogP contribution in [0.5, 0.6) is 5.75 Å². The lowest BCUT2D eigenvalue weighted by Gasteiger charge is -2.18. The van der Waals surface area contributed by atoms with Crippen molar-refractivity contribution in [2.75, 3.05) is 11.9 Å². The summed E-state index contributed by atoms with van der Waals surface area (Å²) in [5.41, 5.74) is 1.67. The fourth-order valence-corrected chi connectivity index (χ4v) is 3.04. The molecule has 1 heterocycles. The molecule has 1 amide bonds. The quantitative estimate of drug-likeness (QED) is 0.692. The number of fused-ring (bicyclic) bond motifs is 1. The first-order valence-electron chi connectivity index (χ1n) is 6.73. The Labute approximate surface area is 133 Å². The lowest BCUT2D eigenvalue weighted by Crippen LogP contribution is -2.17. The van der Waals surface area contributed by atoms with E-state index in [-0.39, 0.29) is 12.5 Å². The number of ether oxygens (including phenoxy) is 1. The van der Waals surface area contributed by atoms with Gasteiger partial charge in [-0.3, -0.25) is 4.79 Å². The number of anilines is 1. The molecule has 4 heteroatoms. The minimum absolute atomic E-state index is 0.115. The lowest BCUT2D eigenvalue weighted by molar-refractivity contribution is -0.112. The van der Waals surface area contributed by atoms with Gasteiger partial charge in [-0.15, -0.1) is 6.42 Å². The first-order valence-corrected chi connectivity index (χ1v) is 7.55. The molecule has 0 atom stereocenters. The second kappa shape index (κ2) is 6.42. The summed E-state index contributed by atoms with van der Waals surface area (Å²) in [6, 6.07) is 15.2. The molecule has 0 unspecified atom stereocenters. The van der Waals surface area contributed by atoms with Crippen LogP contribution >= 0.6 is 11.8 Å². The Hall–Kier alpha value is -2.64. The summed E-state index contributed by atoms with van der Waals surface area (Å²) in [6.07, 6.45) is 7.05. The van der Waals surface area contributed by atoms with Gasteiger partial charge in [0.2, 0.25) is 0 Å². The summed E-state index contributed by atoms with van der Waals surface area (Å²) in [4.78, 5) is 13.9. The highest BCUT2D eigenvalue weighted by Gasteiger charge is 2.20. The van der Waals surface area contributed by atoms with Crippen LogP contribution in [0.4, 0.5) is 5.69 Å². The maximum absolute atomic E-state index is 12.2. The second-order valence-corrected chi connectivity index (χ2v) is 5.68. The predicted molar refractivity (Wildman–Crippen MR) is 89.7 cm³/mol. The van der Waals surface area contributed by atoms with E-state index in [9.17, 15) is 4.79 Å². The predicted octanol–water partition coefficient (Wildman–Crippen LogP) is 3.78. The lowest BCUT2D eigenvalue weighted by atomic mass is 10.2. The van der Waals surface area contributed by atoms with Gasteiger partial charge in [0.1, 0.15) is 12.4 Å². The van der Waals surface area contributed by atoms with Gasteiger partial charge in [-0.05, 0) is 24.3 Å². The maximum atomic E-state index is 12.2. The number of hydrogen-bond donors (Lipinski definition) is 1. The van der Waals surface area contributed by atoms with Crippen LogP contribution in [-0.4, -0.2) is 12.5 Å². The van der Waals surface area contributed by atoms with E-state index >= 15 is 0 Å². The summed E-state index contributed by atoms with van der Waals surface area (Å²) in [7, 11) is 0. The number of amides is 1. The number of hydrogen-bond acceptors (Lipinski definition) is 3. The van der Waals surface area contributed by atoms with E-state index in [1.165, 1.54) is 11.8 Å². The topological polar surface area (TPSA) is 38.3 Å². The van der Waals surface area contributed by atoms with E-state index in [4.69, 9.17) is 11.2 Å². The molecule has 0 bridgehead atoms. The molecule has 1 aliphatic rings. The van der Waals surface area contributed by atoms with Gasteiger partial charge in [-0.25, -0.2) is 0 Å². The van der Waals surface area contributed by atoms with Crippen molar-refractivity contribution in [3.8, 4) is 18.1 Å². The highest BCUT2D eigenvalue weighted by Crippen LogP contribution is 2.39. The Morgan fingerprint density at radius 1 is 1.18 bits per heavy atom. The Kier molecular flexibility index (Phi) is 4.17. The molecule has 0 aromatic heterocycles. The molecule has 0 aliphatic carbocycles. The summed E-state index contributed by atoms with van der Waals surface area (Å²) in [5, 5.41) is 2.89. The van der Waals surface area contributed by atoms with E-state index in [0.717, 1.165) is 16.1 Å². The molecule has 3 nitrogen and oxygen atoms in total. The number of rotatable bonds is 3. The molecule has 2 aromatic rings. The Balaban J connectivity index is 1.93. The van der Waals surface area contributed by atoms with Crippen LogP contribution in [0.15, 0.2) is 58.3 Å². The van der Waals surface area contributed by atoms with Crippen molar-refractivity contribution in [3.05, 3.63) is 59.0 Å². The van der Waals surface area contributed by atoms with Crippen molar-refractivity contribution in [2.45, 2.75) is 4.90 Å². The molecule has 3 rings (SSSR count). The Bertz CT molecular complexity index is 790. The van der Waals surface area contributed by atoms with E-state index in [1.54, 1.807) is 0 Å². The molecule has 0 saturated heterocycles. The Morgan fingerprint density at radius 3 is 2.82 bits per heavy atom. The molecule has 0 radical (unpaired) electrons. The van der Waals surface area contributed by atoms with Crippen LogP contribution in [0.2, 0.25) is 0 Å². The zero-order valence-electron chi connectivity index (χ0n) is 11.7. The van der Waals surface area contributed by atoms with Crippen molar-refractivity contribution < 1.29 is 9.53 Å². The van der Waals surface area contributed by atoms with Gasteiger partial charge in [0, 0.05) is 10.5 Å². The number of benzene rings is 2. The summed E-state index contributed by atoms with van der Waals surface area (Å²) in [5.74, 6) is 2.99. The minimum atomic E-state index is -0.115. The Morgan fingerprint density at radius 2 is 1.95 bits per heavy atom. The van der Waals surface area contributed by atoms with Crippen LogP contribution < -0.4 is 10.1 Å². The molecule has 1 N–H and O–H groups in total. The van der Waals surface area contributed by atoms with Crippen molar-refractivity contribution in [1.29, 1.82) is 0 Å². The molecule has 0 saturated carbocycles. The average molecular weight is 307 g/mol. The van der Waals surface area contributed by atoms with Gasteiger partial charge in [-0.1, -0.05) is 48.0 Å². The standard InChI is InChI=1S/C18H13NO2S/c1-2-11-21-15-9-5-3-7-13(15)12-17-18(20)19-14-8-4-6-10-16(14)22-17/h1,3-10,12H,11H2,(H,19,20)/b17-12-. The normalized spacial score (nSPS) is 14.9. The number of terminal acetylenes is 1. The molecule has 1 aliphatic heterocycles. The number of para-hydroxylation sites is 2. The SMILES string of the molecule is C#CCOc1ccccc1/C=C1\Sc2ccccc2NC1=O. The van der Waals surface area contributed by atoms with Gasteiger partial charge in [-0.2, -0.15) is 0 Å². The summed E-state index contributed by atoms with van der Waals surface area (Å²) >= 11 is 1.45. The number of carbonyl (C=O) groups is 1. The van der Waals surface area contributed by atoms with Crippen LogP contribution in [0.25, 0.3) is 6.08 Å². The highest BCUT2D eigenvalue weighted by atomic mass is 32.2. The van der Waals surface area contributed by atoms with E-state index in [1.807, 2.05) is 54.6 Å². The number of nitrogens with one attached hydrogen (secondary N) is 1. The first kappa shape index (κ1) is 14.3. The van der Waals surface area contributed by atoms with Crippen LogP contribution in [-0.2, 0) is 4.79 Å². The largest absolute Gasteiger partial charge is 0.480 e. The van der Waals surface area contributed by atoms with Crippen LogP contribution in [0, 0.1) is 12.3 Å². The van der Waals surface area contributed by atoms with E-state index < -0.39 is 0 Å². The fraction of sp³-hybridized carbons (Fsp3) is 0.0556. The smallest absolute Gasteiger partial charge is 0.262 e. The third-order valence-electron chi connectivity index (χ3n) is 3.10. The molecule has 0 spiro atoms. The second-order valence-electron chi connectivity index (χ2n) is 4.59. The van der Waals surface area contributed by atoms with Crippen molar-refractivity contribution >= 4 is 29.4 Å². The van der Waals surface area contributed by atoms with Crippen LogP contribution in [0.1, 0.15) is 5.56 Å². The molecular formula is C18H13NO2S. The zero-order valence-corrected chi connectivity index (χ0v) is 12.5. The van der Waals surface area contributed by atoms with Gasteiger partial charge < -0.3 is 10.1 Å². The monoisotopic (exact) mass is 307 g/mol. The van der Waals surface area contributed by atoms with Gasteiger partial charge in [0.05, 0.1) is 10.6 Å². The number of carbonyl (C=O) groups excluding carboxylic acids is 1. The third kappa shape index (κ3) is 3.00. The van der Waals surface area contributed by atoms with Crippen molar-refractivity contribution in [1.82, 2.24) is 0 Å². The van der Waals surface area contributed by atoms with Gasteiger partial charge in [0.15, 0.2) is 0 Å². The first-order chi connectivity index (χ1) is 10.8. The molecule has 0 fully saturated rings. The zero-order chi connectivity index (χ0) is 15.4. The van der Waals surface area contributed by atoms with E-state index in [0.29, 0.717) is 10.7 Å². The highest BCUT2D eigenvalue weighted by molar-refractivity contribution is 8.04. The van der Waals surface area contributed by atoms with Gasteiger partial charge in [0.25, 0.3) is 5.91 Å². The maximum Gasteiger partial charge on any atom is 0.262 e. The van der Waals surface area contributed by atoms with E-state index in [2.05, 4.69) is 11.2 Å². The molecular weight excluding hydrogens is 294 g/mol. The summed E-state index contributed by atoms with van der Waals surface area (Å²) < 4.78 is 5.51. The average Bonchev–Trinajstić information content (AvgIpc) is 2.55. The molecule has 108 valence electrons. The van der Waals surface area contributed by atoms with Crippen molar-refractivity contribution in [2.24, 2.45) is 0 Å². The van der Waals surface area contributed by atoms with Gasteiger partial charge >= 0.3 is 0 Å². The van der Waals surface area contributed by atoms with Crippen molar-refractivity contribution in [3.63, 3.8) is 0 Å². The summed E-state index contributed by atoms with van der Waals surface area (Å²) in [6.45, 7) is 0.197. The third-order valence-corrected chi connectivity index (χ3v) is 4.19. The van der Waals surface area contributed by atoms with Crippen LogP contribution in [0.3, 0.4) is 0 Å². The minimum Gasteiger partial charge on any atom is -0.480 e. The number of thioether (sulfide) groups is 1. The molecule has 22 heavy (non-hydrogen) atoms. The molecule has 2 aromatic carbocycles. The fourth-order valence-electron chi connectivity index (χ4n) is 2.09.